The van der Waals surface area contributed by atoms with Crippen molar-refractivity contribution < 1.29 is 14.3 Å². The molecule has 2 aromatic heterocycles. The molecule has 1 amide bonds. The second-order valence-corrected chi connectivity index (χ2v) is 6.79. The lowest BCUT2D eigenvalue weighted by Gasteiger charge is -2.36. The maximum Gasteiger partial charge on any atom is 0.220 e. The Labute approximate surface area is 145 Å². The largest absolute Gasteiger partial charge is 0.488 e. The zero-order valence-corrected chi connectivity index (χ0v) is 14.2. The average Bonchev–Trinajstić information content (AvgIpc) is 2.67. The van der Waals surface area contributed by atoms with Crippen LogP contribution in [0.4, 0.5) is 5.69 Å². The average molecular weight is 342 g/mol. The molecule has 0 aromatic carbocycles. The smallest absolute Gasteiger partial charge is 0.220 e. The van der Waals surface area contributed by atoms with Gasteiger partial charge in [-0.2, -0.15) is 0 Å². The first-order valence-electron chi connectivity index (χ1n) is 8.68. The number of aromatic nitrogens is 2. The highest BCUT2D eigenvalue weighted by Crippen LogP contribution is 2.39. The van der Waals surface area contributed by atoms with Crippen LogP contribution in [0.25, 0.3) is 11.0 Å². The Morgan fingerprint density at radius 2 is 2.12 bits per heavy atom. The Kier molecular flexibility index (Phi) is 4.07. The number of methoxy groups -OCH3 is 1. The molecule has 1 aliphatic heterocycles. The van der Waals surface area contributed by atoms with Crippen molar-refractivity contribution in [2.24, 2.45) is 17.6 Å². The standard InChI is InChI=1S/C18H22N4O3/c1-24-15-7-6-12-16(22-15)17-14(8-20-12)25-9-13(21-17)10-2-4-11(5-3-10)18(19)23/h6-8,10-11,13,21H,2-5,9H2,1H3,(H2,19,23). The second-order valence-electron chi connectivity index (χ2n) is 6.79. The molecule has 132 valence electrons. The molecule has 1 aliphatic carbocycles. The van der Waals surface area contributed by atoms with E-state index in [1.807, 2.05) is 6.07 Å². The van der Waals surface area contributed by atoms with E-state index in [2.05, 4.69) is 15.3 Å². The molecular weight excluding hydrogens is 320 g/mol. The van der Waals surface area contributed by atoms with E-state index >= 15 is 0 Å². The van der Waals surface area contributed by atoms with Crippen molar-refractivity contribution in [3.63, 3.8) is 0 Å². The van der Waals surface area contributed by atoms with Gasteiger partial charge in [-0.05, 0) is 37.7 Å². The molecule has 1 fully saturated rings. The van der Waals surface area contributed by atoms with Gasteiger partial charge in [-0.1, -0.05) is 0 Å². The van der Waals surface area contributed by atoms with Gasteiger partial charge in [-0.25, -0.2) is 4.98 Å². The number of fused-ring (bicyclic) bond motifs is 3. The normalized spacial score (nSPS) is 25.6. The molecule has 0 saturated heterocycles. The predicted octanol–water partition coefficient (Wildman–Crippen LogP) is 2.10. The van der Waals surface area contributed by atoms with E-state index in [-0.39, 0.29) is 17.9 Å². The van der Waals surface area contributed by atoms with Gasteiger partial charge in [0.05, 0.1) is 24.9 Å². The number of anilines is 1. The van der Waals surface area contributed by atoms with E-state index in [1.165, 1.54) is 0 Å². The fraction of sp³-hybridized carbons (Fsp3) is 0.500. The third-order valence-electron chi connectivity index (χ3n) is 5.35. The number of ether oxygens (including phenoxy) is 2. The third kappa shape index (κ3) is 2.94. The topological polar surface area (TPSA) is 99.4 Å². The Morgan fingerprint density at radius 1 is 1.32 bits per heavy atom. The van der Waals surface area contributed by atoms with Crippen LogP contribution in [0.1, 0.15) is 25.7 Å². The van der Waals surface area contributed by atoms with Crippen molar-refractivity contribution in [2.75, 3.05) is 19.0 Å². The van der Waals surface area contributed by atoms with Crippen molar-refractivity contribution in [1.82, 2.24) is 9.97 Å². The van der Waals surface area contributed by atoms with E-state index < -0.39 is 0 Å². The quantitative estimate of drug-likeness (QED) is 0.886. The van der Waals surface area contributed by atoms with E-state index in [4.69, 9.17) is 15.2 Å². The maximum atomic E-state index is 11.4. The van der Waals surface area contributed by atoms with Crippen LogP contribution >= 0.6 is 0 Å². The minimum atomic E-state index is -0.176. The van der Waals surface area contributed by atoms with E-state index in [9.17, 15) is 4.79 Å². The van der Waals surface area contributed by atoms with Crippen LogP contribution in [0.3, 0.4) is 0 Å². The number of nitrogens with zero attached hydrogens (tertiary/aromatic N) is 2. The molecule has 2 aliphatic rings. The molecule has 1 atom stereocenters. The summed E-state index contributed by atoms with van der Waals surface area (Å²) in [5.74, 6) is 1.57. The van der Waals surface area contributed by atoms with Gasteiger partial charge in [0.25, 0.3) is 0 Å². The number of hydrogen-bond donors (Lipinski definition) is 2. The van der Waals surface area contributed by atoms with Gasteiger partial charge in [0.2, 0.25) is 11.8 Å². The molecule has 1 unspecified atom stereocenters. The van der Waals surface area contributed by atoms with Crippen LogP contribution in [0.2, 0.25) is 0 Å². The van der Waals surface area contributed by atoms with Crippen LogP contribution < -0.4 is 20.5 Å². The molecule has 25 heavy (non-hydrogen) atoms. The lowest BCUT2D eigenvalue weighted by Crippen LogP contribution is -2.41. The summed E-state index contributed by atoms with van der Waals surface area (Å²) in [5.41, 5.74) is 7.87. The third-order valence-corrected chi connectivity index (χ3v) is 5.35. The molecule has 4 rings (SSSR count). The monoisotopic (exact) mass is 342 g/mol. The Bertz CT molecular complexity index is 797. The number of pyridine rings is 2. The Hall–Kier alpha value is -2.57. The summed E-state index contributed by atoms with van der Waals surface area (Å²) in [5, 5.41) is 3.61. The van der Waals surface area contributed by atoms with E-state index in [0.29, 0.717) is 18.4 Å². The fourth-order valence-corrected chi connectivity index (χ4v) is 3.86. The van der Waals surface area contributed by atoms with Crippen LogP contribution in [-0.2, 0) is 4.79 Å². The molecule has 2 aromatic rings. The predicted molar refractivity (Wildman–Crippen MR) is 93.6 cm³/mol. The van der Waals surface area contributed by atoms with Gasteiger partial charge in [0.15, 0.2) is 5.75 Å². The fourth-order valence-electron chi connectivity index (χ4n) is 3.86. The highest BCUT2D eigenvalue weighted by atomic mass is 16.5. The van der Waals surface area contributed by atoms with Gasteiger partial charge < -0.3 is 20.5 Å². The van der Waals surface area contributed by atoms with E-state index in [0.717, 1.165) is 48.2 Å². The number of rotatable bonds is 3. The van der Waals surface area contributed by atoms with Crippen molar-refractivity contribution in [3.05, 3.63) is 18.3 Å². The number of carbonyl (C=O) groups excluding carboxylic acids is 1. The highest BCUT2D eigenvalue weighted by molar-refractivity contribution is 5.91. The SMILES string of the molecule is COc1ccc2ncc3c(c2n1)NC(C1CCC(C(N)=O)CC1)CO3. The summed E-state index contributed by atoms with van der Waals surface area (Å²) in [7, 11) is 1.60. The van der Waals surface area contributed by atoms with Crippen molar-refractivity contribution in [3.8, 4) is 11.6 Å². The lowest BCUT2D eigenvalue weighted by molar-refractivity contribution is -0.123. The molecule has 7 heteroatoms. The zero-order valence-electron chi connectivity index (χ0n) is 14.2. The molecule has 0 bridgehead atoms. The van der Waals surface area contributed by atoms with Crippen molar-refractivity contribution in [2.45, 2.75) is 31.7 Å². The van der Waals surface area contributed by atoms with Crippen LogP contribution in [-0.4, -0.2) is 35.6 Å². The van der Waals surface area contributed by atoms with Gasteiger partial charge in [-0.15, -0.1) is 0 Å². The summed E-state index contributed by atoms with van der Waals surface area (Å²) in [6.45, 7) is 0.593. The first kappa shape index (κ1) is 15.9. The maximum absolute atomic E-state index is 11.4. The molecule has 3 heterocycles. The van der Waals surface area contributed by atoms with Gasteiger partial charge in [0.1, 0.15) is 17.8 Å². The first-order valence-corrected chi connectivity index (χ1v) is 8.68. The van der Waals surface area contributed by atoms with Gasteiger partial charge >= 0.3 is 0 Å². The van der Waals surface area contributed by atoms with Crippen molar-refractivity contribution in [1.29, 1.82) is 0 Å². The molecule has 0 spiro atoms. The summed E-state index contributed by atoms with van der Waals surface area (Å²) < 4.78 is 11.2. The van der Waals surface area contributed by atoms with Crippen LogP contribution in [0, 0.1) is 11.8 Å². The lowest BCUT2D eigenvalue weighted by atomic mass is 9.78. The summed E-state index contributed by atoms with van der Waals surface area (Å²) in [6.07, 6.45) is 5.40. The molecule has 3 N–H and O–H groups in total. The number of primary amides is 1. The zero-order chi connectivity index (χ0) is 17.4. The number of hydrogen-bond acceptors (Lipinski definition) is 6. The number of nitrogens with two attached hydrogens (primary N) is 1. The second kappa shape index (κ2) is 6.38. The molecule has 0 radical (unpaired) electrons. The molecular formula is C18H22N4O3. The molecule has 1 saturated carbocycles. The Morgan fingerprint density at radius 3 is 2.84 bits per heavy atom. The summed E-state index contributed by atoms with van der Waals surface area (Å²) >= 11 is 0. The number of carbonyl (C=O) groups is 1. The Balaban J connectivity index is 1.58. The number of amides is 1. The number of nitrogens with one attached hydrogen (secondary N) is 1. The minimum Gasteiger partial charge on any atom is -0.488 e. The van der Waals surface area contributed by atoms with Crippen LogP contribution in [0.5, 0.6) is 11.6 Å². The minimum absolute atomic E-state index is 0.0176. The van der Waals surface area contributed by atoms with Gasteiger partial charge in [-0.3, -0.25) is 9.78 Å². The van der Waals surface area contributed by atoms with E-state index in [1.54, 1.807) is 19.4 Å². The highest BCUT2D eigenvalue weighted by Gasteiger charge is 2.33. The first-order chi connectivity index (χ1) is 12.2. The van der Waals surface area contributed by atoms with Crippen molar-refractivity contribution >= 4 is 22.6 Å². The van der Waals surface area contributed by atoms with Gasteiger partial charge in [0, 0.05) is 12.0 Å². The van der Waals surface area contributed by atoms with Crippen LogP contribution in [0.15, 0.2) is 18.3 Å². The summed E-state index contributed by atoms with van der Waals surface area (Å²) in [6, 6.07) is 3.89. The molecule has 7 nitrogen and oxygen atoms in total. The summed E-state index contributed by atoms with van der Waals surface area (Å²) in [4.78, 5) is 20.3.